The van der Waals surface area contributed by atoms with Gasteiger partial charge in [0, 0.05) is 5.39 Å². The average Bonchev–Trinajstić information content (AvgIpc) is 2.86. The number of benzene rings is 2. The first kappa shape index (κ1) is 13.3. The van der Waals surface area contributed by atoms with Gasteiger partial charge in [0.05, 0.1) is 8.26 Å². The normalized spacial score (nSPS) is 12.8. The zero-order valence-corrected chi connectivity index (χ0v) is 13.5. The summed E-state index contributed by atoms with van der Waals surface area (Å²) in [5, 5.41) is 3.31. The summed E-state index contributed by atoms with van der Waals surface area (Å²) < 4.78 is 15.0. The molecule has 0 aliphatic carbocycles. The molecule has 0 saturated carbocycles. The molecule has 3 aromatic rings. The Balaban J connectivity index is 2.18. The van der Waals surface area contributed by atoms with Crippen molar-refractivity contribution < 1.29 is 4.39 Å². The zero-order chi connectivity index (χ0) is 13.4. The number of alkyl halides is 1. The van der Waals surface area contributed by atoms with E-state index >= 15 is 0 Å². The molecule has 96 valence electrons. The van der Waals surface area contributed by atoms with E-state index in [2.05, 4.69) is 34.0 Å². The van der Waals surface area contributed by atoms with Crippen molar-refractivity contribution in [1.29, 1.82) is 0 Å². The van der Waals surface area contributed by atoms with Gasteiger partial charge in [0.15, 0.2) is 0 Å². The lowest BCUT2D eigenvalue weighted by molar-refractivity contribution is 0.639. The van der Waals surface area contributed by atoms with Gasteiger partial charge in [-0.15, -0.1) is 22.9 Å². The maximum absolute atomic E-state index is 13.8. The minimum atomic E-state index is -0.245. The second-order valence-electron chi connectivity index (χ2n) is 4.23. The van der Waals surface area contributed by atoms with Crippen molar-refractivity contribution in [3.05, 3.63) is 67.7 Å². The van der Waals surface area contributed by atoms with Gasteiger partial charge in [-0.05, 0) is 56.6 Å². The van der Waals surface area contributed by atoms with Crippen LogP contribution >= 0.6 is 45.5 Å². The molecule has 0 bridgehead atoms. The third-order valence-electron chi connectivity index (χ3n) is 3.06. The topological polar surface area (TPSA) is 0 Å². The molecule has 0 nitrogen and oxygen atoms in total. The summed E-state index contributed by atoms with van der Waals surface area (Å²) in [6.07, 6.45) is 0. The monoisotopic (exact) mass is 402 g/mol. The van der Waals surface area contributed by atoms with Crippen LogP contribution in [0.2, 0.25) is 0 Å². The van der Waals surface area contributed by atoms with E-state index in [1.807, 2.05) is 18.2 Å². The zero-order valence-electron chi connectivity index (χ0n) is 9.74. The molecular weight excluding hydrogens is 394 g/mol. The number of halogens is 3. The van der Waals surface area contributed by atoms with Crippen molar-refractivity contribution >= 4 is 56.3 Å². The molecule has 0 spiro atoms. The Bertz CT molecular complexity index is 738. The fourth-order valence-electron chi connectivity index (χ4n) is 2.14. The first-order valence-electron chi connectivity index (χ1n) is 5.72. The third-order valence-corrected chi connectivity index (χ3v) is 5.35. The van der Waals surface area contributed by atoms with Gasteiger partial charge >= 0.3 is 0 Å². The van der Waals surface area contributed by atoms with Crippen molar-refractivity contribution in [1.82, 2.24) is 0 Å². The molecule has 0 aliphatic rings. The standard InChI is InChI=1S/C15H9ClFIS/c16-15(9-7-14(18)19-8-9)12-5-6-13(17)11-4-2-1-3-10(11)12/h1-8,15H. The molecule has 1 unspecified atom stereocenters. The number of hydrogen-bond donors (Lipinski definition) is 0. The van der Waals surface area contributed by atoms with Gasteiger partial charge < -0.3 is 0 Å². The first-order valence-corrected chi connectivity index (χ1v) is 8.11. The summed E-state index contributed by atoms with van der Waals surface area (Å²) in [6, 6.07) is 12.8. The predicted octanol–water partition coefficient (Wildman–Crippen LogP) is 5.97. The first-order chi connectivity index (χ1) is 9.16. The Kier molecular flexibility index (Phi) is 3.78. The van der Waals surface area contributed by atoms with Crippen LogP contribution in [-0.2, 0) is 0 Å². The highest BCUT2D eigenvalue weighted by Crippen LogP contribution is 2.36. The second kappa shape index (κ2) is 5.38. The van der Waals surface area contributed by atoms with Crippen LogP contribution in [0.3, 0.4) is 0 Å². The van der Waals surface area contributed by atoms with E-state index in [-0.39, 0.29) is 11.2 Å². The van der Waals surface area contributed by atoms with Gasteiger partial charge in [-0.25, -0.2) is 4.39 Å². The van der Waals surface area contributed by atoms with Gasteiger partial charge in [-0.2, -0.15) is 0 Å². The van der Waals surface area contributed by atoms with Gasteiger partial charge in [0.1, 0.15) is 5.82 Å². The minimum Gasteiger partial charge on any atom is -0.206 e. The van der Waals surface area contributed by atoms with Gasteiger partial charge in [0.25, 0.3) is 0 Å². The molecule has 0 saturated heterocycles. The quantitative estimate of drug-likeness (QED) is 0.366. The Hall–Kier alpha value is -0.650. The lowest BCUT2D eigenvalue weighted by Gasteiger charge is -2.12. The molecule has 19 heavy (non-hydrogen) atoms. The Labute approximate surface area is 133 Å². The van der Waals surface area contributed by atoms with E-state index in [4.69, 9.17) is 11.6 Å². The van der Waals surface area contributed by atoms with Crippen LogP contribution < -0.4 is 0 Å². The fraction of sp³-hybridized carbons (Fsp3) is 0.0667. The van der Waals surface area contributed by atoms with E-state index in [0.717, 1.165) is 16.5 Å². The van der Waals surface area contributed by atoms with Crippen LogP contribution in [-0.4, -0.2) is 0 Å². The second-order valence-corrected chi connectivity index (χ2v) is 7.47. The Morgan fingerprint density at radius 3 is 2.53 bits per heavy atom. The van der Waals surface area contributed by atoms with Crippen molar-refractivity contribution in [2.24, 2.45) is 0 Å². The van der Waals surface area contributed by atoms with Gasteiger partial charge in [-0.3, -0.25) is 0 Å². The van der Waals surface area contributed by atoms with Crippen LogP contribution in [0.15, 0.2) is 47.8 Å². The van der Waals surface area contributed by atoms with E-state index in [1.54, 1.807) is 23.5 Å². The number of fused-ring (bicyclic) bond motifs is 1. The Morgan fingerprint density at radius 2 is 1.84 bits per heavy atom. The van der Waals surface area contributed by atoms with Crippen LogP contribution in [0.4, 0.5) is 4.39 Å². The molecule has 1 aromatic heterocycles. The number of hydrogen-bond acceptors (Lipinski definition) is 1. The maximum atomic E-state index is 13.8. The smallest absolute Gasteiger partial charge is 0.131 e. The molecule has 4 heteroatoms. The highest BCUT2D eigenvalue weighted by molar-refractivity contribution is 14.1. The van der Waals surface area contributed by atoms with E-state index < -0.39 is 0 Å². The molecule has 2 aromatic carbocycles. The van der Waals surface area contributed by atoms with Crippen LogP contribution in [0.1, 0.15) is 16.5 Å². The molecule has 0 fully saturated rings. The molecule has 0 radical (unpaired) electrons. The van der Waals surface area contributed by atoms with Crippen LogP contribution in [0.25, 0.3) is 10.8 Å². The summed E-state index contributed by atoms with van der Waals surface area (Å²) in [5.74, 6) is -0.205. The molecule has 0 aliphatic heterocycles. The largest absolute Gasteiger partial charge is 0.206 e. The summed E-state index contributed by atoms with van der Waals surface area (Å²) >= 11 is 10.5. The maximum Gasteiger partial charge on any atom is 0.131 e. The lowest BCUT2D eigenvalue weighted by Crippen LogP contribution is -1.94. The van der Waals surface area contributed by atoms with Crippen LogP contribution in [0.5, 0.6) is 0 Å². The van der Waals surface area contributed by atoms with Gasteiger partial charge in [-0.1, -0.05) is 30.3 Å². The third kappa shape index (κ3) is 2.51. The van der Waals surface area contributed by atoms with Crippen molar-refractivity contribution in [3.63, 3.8) is 0 Å². The molecule has 0 amide bonds. The summed E-state index contributed by atoms with van der Waals surface area (Å²) in [5.41, 5.74) is 2.01. The van der Waals surface area contributed by atoms with Gasteiger partial charge in [0.2, 0.25) is 0 Å². The summed E-state index contributed by atoms with van der Waals surface area (Å²) in [6.45, 7) is 0. The van der Waals surface area contributed by atoms with Crippen molar-refractivity contribution in [2.45, 2.75) is 5.38 Å². The van der Waals surface area contributed by atoms with E-state index in [1.165, 1.54) is 8.95 Å². The Morgan fingerprint density at radius 1 is 1.11 bits per heavy atom. The average molecular weight is 403 g/mol. The van der Waals surface area contributed by atoms with Crippen molar-refractivity contribution in [2.75, 3.05) is 0 Å². The van der Waals surface area contributed by atoms with E-state index in [0.29, 0.717) is 5.39 Å². The molecule has 1 heterocycles. The molecule has 3 rings (SSSR count). The fourth-order valence-corrected chi connectivity index (χ4v) is 3.93. The molecule has 0 N–H and O–H groups in total. The highest BCUT2D eigenvalue weighted by atomic mass is 127. The summed E-state index contributed by atoms with van der Waals surface area (Å²) in [7, 11) is 0. The predicted molar refractivity (Wildman–Crippen MR) is 88.6 cm³/mol. The number of rotatable bonds is 2. The van der Waals surface area contributed by atoms with Crippen molar-refractivity contribution in [3.8, 4) is 0 Å². The van der Waals surface area contributed by atoms with Crippen LogP contribution in [0, 0.1) is 8.70 Å². The highest BCUT2D eigenvalue weighted by Gasteiger charge is 2.16. The molecular formula is C15H9ClFIS. The lowest BCUT2D eigenvalue weighted by atomic mass is 9.99. The number of thiophene rings is 1. The summed E-state index contributed by atoms with van der Waals surface area (Å²) in [4.78, 5) is 0. The van der Waals surface area contributed by atoms with E-state index in [9.17, 15) is 4.39 Å². The SMILES string of the molecule is Fc1ccc(C(Cl)c2csc(I)c2)c2ccccc12. The molecule has 1 atom stereocenters. The minimum absolute atomic E-state index is 0.205.